The van der Waals surface area contributed by atoms with Gasteiger partial charge in [-0.15, -0.1) is 16.4 Å². The lowest BCUT2D eigenvalue weighted by Gasteiger charge is -1.92. The number of hydrogen-bond acceptors (Lipinski definition) is 6. The summed E-state index contributed by atoms with van der Waals surface area (Å²) in [5.41, 5.74) is 12.7. The van der Waals surface area contributed by atoms with Crippen LogP contribution in [0.25, 0.3) is 10.6 Å². The molecule has 2 rings (SSSR count). The van der Waals surface area contributed by atoms with Gasteiger partial charge < -0.3 is 11.5 Å². The van der Waals surface area contributed by atoms with Crippen molar-refractivity contribution in [2.75, 3.05) is 5.73 Å². The second-order valence-electron chi connectivity index (χ2n) is 3.69. The summed E-state index contributed by atoms with van der Waals surface area (Å²) in [6.07, 6.45) is 5.64. The first-order valence-corrected chi connectivity index (χ1v) is 6.37. The van der Waals surface area contributed by atoms with Crippen LogP contribution in [0.4, 0.5) is 5.82 Å². The topological polar surface area (TPSA) is 106 Å². The molecule has 7 heteroatoms. The molecule has 19 heavy (non-hydrogen) atoms. The van der Waals surface area contributed by atoms with Crippen molar-refractivity contribution < 1.29 is 0 Å². The second kappa shape index (κ2) is 5.96. The van der Waals surface area contributed by atoms with Crippen LogP contribution < -0.4 is 11.5 Å². The number of nitrogens with one attached hydrogen (secondary N) is 1. The Morgan fingerprint density at radius 1 is 1.47 bits per heavy atom. The predicted molar refractivity (Wildman–Crippen MR) is 78.8 cm³/mol. The number of anilines is 1. The van der Waals surface area contributed by atoms with Crippen LogP contribution in [0.2, 0.25) is 0 Å². The Balaban J connectivity index is 2.08. The van der Waals surface area contributed by atoms with Gasteiger partial charge >= 0.3 is 0 Å². The Hall–Kier alpha value is -2.41. The first kappa shape index (κ1) is 13.0. The molecule has 2 aromatic heterocycles. The molecule has 0 unspecified atom stereocenters. The van der Waals surface area contributed by atoms with Crippen LogP contribution >= 0.6 is 11.3 Å². The quantitative estimate of drug-likeness (QED) is 0.721. The lowest BCUT2D eigenvalue weighted by atomic mass is 10.3. The van der Waals surface area contributed by atoms with Crippen LogP contribution in [0.5, 0.6) is 0 Å². The first-order valence-electron chi connectivity index (χ1n) is 5.55. The first-order chi connectivity index (χ1) is 9.20. The van der Waals surface area contributed by atoms with Crippen molar-refractivity contribution in [2.45, 2.75) is 6.42 Å². The van der Waals surface area contributed by atoms with Gasteiger partial charge in [-0.3, -0.25) is 4.99 Å². The molecule has 0 aromatic carbocycles. The monoisotopic (exact) mass is 274 g/mol. The lowest BCUT2D eigenvalue weighted by molar-refractivity contribution is 0.946. The van der Waals surface area contributed by atoms with E-state index in [9.17, 15) is 0 Å². The fourth-order valence-electron chi connectivity index (χ4n) is 1.45. The minimum absolute atomic E-state index is 0.404. The Morgan fingerprint density at radius 3 is 3.00 bits per heavy atom. The van der Waals surface area contributed by atoms with Gasteiger partial charge in [-0.05, 0) is 12.1 Å². The van der Waals surface area contributed by atoms with E-state index >= 15 is 0 Å². The summed E-state index contributed by atoms with van der Waals surface area (Å²) in [5, 5.41) is 10.3. The number of hydrogen-bond donors (Lipinski definition) is 3. The maximum Gasteiger partial charge on any atom is 0.174 e. The van der Waals surface area contributed by atoms with Gasteiger partial charge in [-0.2, -0.15) is 10.3 Å². The second-order valence-corrected chi connectivity index (χ2v) is 4.86. The zero-order valence-corrected chi connectivity index (χ0v) is 11.0. The highest BCUT2D eigenvalue weighted by Gasteiger charge is 2.09. The molecule has 0 bridgehead atoms. The third-order valence-corrected chi connectivity index (χ3v) is 3.45. The van der Waals surface area contributed by atoms with E-state index in [0.717, 1.165) is 16.2 Å². The molecule has 0 amide bonds. The molecule has 0 atom stereocenters. The molecule has 0 aliphatic rings. The van der Waals surface area contributed by atoms with Crippen LogP contribution in [0.15, 0.2) is 41.7 Å². The fourth-order valence-corrected chi connectivity index (χ4v) is 2.41. The minimum atomic E-state index is 0.404. The lowest BCUT2D eigenvalue weighted by Crippen LogP contribution is -1.98. The highest BCUT2D eigenvalue weighted by molar-refractivity contribution is 7.15. The summed E-state index contributed by atoms with van der Waals surface area (Å²) in [7, 11) is 0. The van der Waals surface area contributed by atoms with Crippen molar-refractivity contribution in [3.8, 4) is 10.6 Å². The van der Waals surface area contributed by atoms with Crippen molar-refractivity contribution >= 4 is 23.4 Å². The summed E-state index contributed by atoms with van der Waals surface area (Å²) >= 11 is 1.60. The van der Waals surface area contributed by atoms with Crippen LogP contribution in [-0.4, -0.2) is 21.6 Å². The molecule has 0 saturated carbocycles. The third-order valence-electron chi connectivity index (χ3n) is 2.34. The van der Waals surface area contributed by atoms with Crippen molar-refractivity contribution in [1.29, 1.82) is 0 Å². The third kappa shape index (κ3) is 3.29. The number of aliphatic imine (C=N–C) groups is 1. The van der Waals surface area contributed by atoms with Gasteiger partial charge in [0.05, 0.1) is 4.88 Å². The number of aromatic nitrogens is 3. The molecule has 0 aliphatic heterocycles. The van der Waals surface area contributed by atoms with Gasteiger partial charge in [0, 0.05) is 29.4 Å². The zero-order valence-electron chi connectivity index (χ0n) is 10.2. The van der Waals surface area contributed by atoms with Gasteiger partial charge in [0.15, 0.2) is 5.82 Å². The number of nitrogens with zero attached hydrogens (tertiary/aromatic N) is 3. The maximum atomic E-state index is 5.75. The average Bonchev–Trinajstić information content (AvgIpc) is 3.02. The van der Waals surface area contributed by atoms with Gasteiger partial charge in [-0.25, -0.2) is 0 Å². The average molecular weight is 274 g/mol. The van der Waals surface area contributed by atoms with Crippen LogP contribution in [0.1, 0.15) is 4.88 Å². The van der Waals surface area contributed by atoms with Crippen molar-refractivity contribution in [1.82, 2.24) is 15.4 Å². The molecule has 0 spiro atoms. The Bertz CT molecular complexity index is 622. The van der Waals surface area contributed by atoms with Crippen molar-refractivity contribution in [3.63, 3.8) is 0 Å². The van der Waals surface area contributed by atoms with Gasteiger partial charge in [0.2, 0.25) is 0 Å². The summed E-state index contributed by atoms with van der Waals surface area (Å²) in [6.45, 7) is 3.48. The van der Waals surface area contributed by atoms with Gasteiger partial charge in [0.25, 0.3) is 0 Å². The molecule has 98 valence electrons. The van der Waals surface area contributed by atoms with E-state index in [-0.39, 0.29) is 0 Å². The van der Waals surface area contributed by atoms with E-state index in [1.165, 1.54) is 6.20 Å². The Morgan fingerprint density at radius 2 is 2.32 bits per heavy atom. The number of aromatic amines is 1. The number of allylic oxidation sites excluding steroid dienone is 2. The summed E-state index contributed by atoms with van der Waals surface area (Å²) in [6, 6.07) is 3.98. The van der Waals surface area contributed by atoms with Crippen molar-refractivity contribution in [3.05, 3.63) is 41.6 Å². The van der Waals surface area contributed by atoms with E-state index in [1.807, 2.05) is 18.2 Å². The SMILES string of the molecule is C=CN=C/C(N)=C\Cc1ccc(-c2n[nH]nc2N)s1. The highest BCUT2D eigenvalue weighted by atomic mass is 32.1. The number of H-pyrrole nitrogens is 1. The zero-order chi connectivity index (χ0) is 13.7. The van der Waals surface area contributed by atoms with Gasteiger partial charge in [0.1, 0.15) is 5.69 Å². The Kier molecular flexibility index (Phi) is 4.09. The summed E-state index contributed by atoms with van der Waals surface area (Å²) < 4.78 is 0. The largest absolute Gasteiger partial charge is 0.398 e. The van der Waals surface area contributed by atoms with E-state index in [0.29, 0.717) is 17.2 Å². The fraction of sp³-hybridized carbons (Fsp3) is 0.0833. The van der Waals surface area contributed by atoms with E-state index < -0.39 is 0 Å². The van der Waals surface area contributed by atoms with Crippen LogP contribution in [-0.2, 0) is 6.42 Å². The molecule has 0 fully saturated rings. The van der Waals surface area contributed by atoms with Crippen molar-refractivity contribution in [2.24, 2.45) is 10.7 Å². The summed E-state index contributed by atoms with van der Waals surface area (Å²) in [4.78, 5) is 5.99. The standard InChI is InChI=1S/C12H14N6S/c1-2-15-7-8(13)3-4-9-5-6-10(19-9)11-12(14)17-18-16-11/h2-3,5-7H,1,4,13H2,(H3,14,16,17,18)/b8-3+,15-7?. The molecule has 0 saturated heterocycles. The summed E-state index contributed by atoms with van der Waals surface area (Å²) in [5.74, 6) is 0.404. The molecule has 0 aliphatic carbocycles. The minimum Gasteiger partial charge on any atom is -0.398 e. The normalized spacial score (nSPS) is 12.1. The van der Waals surface area contributed by atoms with Gasteiger partial charge in [-0.1, -0.05) is 12.7 Å². The molecule has 2 aromatic rings. The van der Waals surface area contributed by atoms with E-state index in [2.05, 4.69) is 27.0 Å². The molecular formula is C12H14N6S. The molecule has 0 radical (unpaired) electrons. The van der Waals surface area contributed by atoms with E-state index in [4.69, 9.17) is 11.5 Å². The number of nitrogen functional groups attached to an aromatic ring is 1. The van der Waals surface area contributed by atoms with Crippen LogP contribution in [0.3, 0.4) is 0 Å². The van der Waals surface area contributed by atoms with Crippen LogP contribution in [0, 0.1) is 0 Å². The maximum absolute atomic E-state index is 5.75. The predicted octanol–water partition coefficient (Wildman–Crippen LogP) is 1.71. The molecule has 6 nitrogen and oxygen atoms in total. The molecule has 2 heterocycles. The molecular weight excluding hydrogens is 260 g/mol. The Labute approximate surface area is 114 Å². The smallest absolute Gasteiger partial charge is 0.174 e. The number of thiophene rings is 1. The highest BCUT2D eigenvalue weighted by Crippen LogP contribution is 2.29. The number of nitrogens with two attached hydrogens (primary N) is 2. The number of rotatable bonds is 5. The molecule has 5 N–H and O–H groups in total. The van der Waals surface area contributed by atoms with E-state index in [1.54, 1.807) is 17.6 Å².